The Balaban J connectivity index is 2.66. The topological polar surface area (TPSA) is 89.1 Å². The van der Waals surface area contributed by atoms with Crippen LogP contribution in [0.2, 0.25) is 18.1 Å². The molecule has 8 heteroatoms. The third kappa shape index (κ3) is 5.16. The first-order valence-corrected chi connectivity index (χ1v) is 10.7. The van der Waals surface area contributed by atoms with Crippen molar-refractivity contribution in [1.82, 2.24) is 0 Å². The molecule has 0 bridgehead atoms. The predicted octanol–water partition coefficient (Wildman–Crippen LogP) is 3.41. The molecule has 2 N–H and O–H groups in total. The molecule has 0 amide bonds. The molecule has 20 heavy (non-hydrogen) atoms. The average molecular weight is 322 g/mol. The van der Waals surface area contributed by atoms with Crippen molar-refractivity contribution in [1.29, 1.82) is 0 Å². The smallest absolute Gasteiger partial charge is 0.469 e. The molecule has 1 heterocycles. The fourth-order valence-corrected chi connectivity index (χ4v) is 2.49. The molecule has 0 atom stereocenters. The number of hydrogen-bond acceptors (Lipinski definition) is 4. The Morgan fingerprint density at radius 2 is 1.70 bits per heavy atom. The summed E-state index contributed by atoms with van der Waals surface area (Å²) >= 11 is 0. The first kappa shape index (κ1) is 17.6. The van der Waals surface area contributed by atoms with Gasteiger partial charge >= 0.3 is 7.82 Å². The van der Waals surface area contributed by atoms with E-state index in [9.17, 15) is 4.57 Å². The second kappa shape index (κ2) is 6.13. The van der Waals surface area contributed by atoms with Crippen LogP contribution in [-0.4, -0.2) is 18.1 Å². The largest absolute Gasteiger partial charge is 0.472 e. The molecule has 116 valence electrons. The van der Waals surface area contributed by atoms with Gasteiger partial charge in [-0.05, 0) is 18.1 Å². The van der Waals surface area contributed by atoms with Crippen LogP contribution in [0.4, 0.5) is 0 Å². The lowest BCUT2D eigenvalue weighted by Crippen LogP contribution is -2.40. The van der Waals surface area contributed by atoms with Crippen LogP contribution < -0.4 is 0 Å². The number of phosphoric ester groups is 1. The molecule has 1 aromatic rings. The van der Waals surface area contributed by atoms with Crippen LogP contribution in [0.15, 0.2) is 16.9 Å². The number of rotatable bonds is 6. The van der Waals surface area contributed by atoms with Crippen LogP contribution in [-0.2, 0) is 26.7 Å². The van der Waals surface area contributed by atoms with Crippen molar-refractivity contribution in [2.75, 3.05) is 0 Å². The summed E-state index contributed by atoms with van der Waals surface area (Å²) in [5.74, 6) is 0. The van der Waals surface area contributed by atoms with E-state index >= 15 is 0 Å². The van der Waals surface area contributed by atoms with Gasteiger partial charge in [-0.2, -0.15) is 0 Å². The van der Waals surface area contributed by atoms with E-state index in [1.807, 2.05) is 0 Å². The fourth-order valence-electron chi connectivity index (χ4n) is 1.23. The highest BCUT2D eigenvalue weighted by Crippen LogP contribution is 2.39. The van der Waals surface area contributed by atoms with Crippen LogP contribution in [0.3, 0.4) is 0 Å². The molecule has 1 aromatic heterocycles. The summed E-state index contributed by atoms with van der Waals surface area (Å²) < 4.78 is 26.3. The minimum absolute atomic E-state index is 0.0965. The number of hydrogen-bond donors (Lipinski definition) is 2. The number of phosphoric acid groups is 1. The highest BCUT2D eigenvalue weighted by atomic mass is 31.2. The third-order valence-electron chi connectivity index (χ3n) is 3.62. The monoisotopic (exact) mass is 322 g/mol. The van der Waals surface area contributed by atoms with Crippen molar-refractivity contribution in [3.63, 3.8) is 0 Å². The van der Waals surface area contributed by atoms with Gasteiger partial charge in [0.05, 0.1) is 25.7 Å². The minimum Gasteiger partial charge on any atom is -0.472 e. The van der Waals surface area contributed by atoms with Crippen molar-refractivity contribution in [3.8, 4) is 0 Å². The highest BCUT2D eigenvalue weighted by Gasteiger charge is 2.37. The Bertz CT molecular complexity index is 484. The molecular formula is C12H23O6PSi. The van der Waals surface area contributed by atoms with Gasteiger partial charge in [0.2, 0.25) is 0 Å². The summed E-state index contributed by atoms with van der Waals surface area (Å²) in [4.78, 5) is 17.4. The third-order valence-corrected chi connectivity index (χ3v) is 8.56. The normalized spacial score (nSPS) is 13.8. The minimum atomic E-state index is -4.48. The van der Waals surface area contributed by atoms with E-state index in [0.717, 1.165) is 5.56 Å². The summed E-state index contributed by atoms with van der Waals surface area (Å²) in [7, 11) is -6.36. The summed E-state index contributed by atoms with van der Waals surface area (Å²) in [6, 6.07) is 0. The molecule has 0 aliphatic carbocycles. The van der Waals surface area contributed by atoms with Crippen LogP contribution in [0.5, 0.6) is 0 Å². The van der Waals surface area contributed by atoms with Gasteiger partial charge in [0.15, 0.2) is 8.32 Å². The zero-order chi connectivity index (χ0) is 15.6. The average Bonchev–Trinajstić information content (AvgIpc) is 2.68. The Morgan fingerprint density at radius 3 is 2.15 bits per heavy atom. The first-order valence-electron chi connectivity index (χ1n) is 6.30. The van der Waals surface area contributed by atoms with Gasteiger partial charge in [0.25, 0.3) is 0 Å². The summed E-state index contributed by atoms with van der Waals surface area (Å²) in [6.45, 7) is 10.9. The second-order valence-corrected chi connectivity index (χ2v) is 12.3. The molecule has 6 nitrogen and oxygen atoms in total. The van der Waals surface area contributed by atoms with Crippen LogP contribution in [0.1, 0.15) is 31.9 Å². The van der Waals surface area contributed by atoms with Crippen molar-refractivity contribution in [2.24, 2.45) is 0 Å². The predicted molar refractivity (Wildman–Crippen MR) is 77.5 cm³/mol. The second-order valence-electron chi connectivity index (χ2n) is 6.24. The number of furan rings is 1. The molecule has 1 rings (SSSR count). The van der Waals surface area contributed by atoms with Crippen LogP contribution >= 0.6 is 7.82 Å². The van der Waals surface area contributed by atoms with Gasteiger partial charge in [-0.3, -0.25) is 4.52 Å². The Hall–Kier alpha value is -0.433. The molecule has 0 spiro atoms. The van der Waals surface area contributed by atoms with E-state index in [0.29, 0.717) is 12.2 Å². The SMILES string of the molecule is CC(C)(C)[Si](C)(C)OCc1cocc1COP(=O)(O)O. The van der Waals surface area contributed by atoms with Crippen molar-refractivity contribution in [3.05, 3.63) is 23.7 Å². The van der Waals surface area contributed by atoms with E-state index in [4.69, 9.17) is 18.6 Å². The van der Waals surface area contributed by atoms with Crippen molar-refractivity contribution < 1.29 is 27.7 Å². The molecule has 0 unspecified atom stereocenters. The Morgan fingerprint density at radius 1 is 1.20 bits per heavy atom. The lowest BCUT2D eigenvalue weighted by atomic mass is 10.2. The van der Waals surface area contributed by atoms with Crippen molar-refractivity contribution >= 4 is 16.1 Å². The van der Waals surface area contributed by atoms with E-state index < -0.39 is 16.1 Å². The maximum Gasteiger partial charge on any atom is 0.469 e. The summed E-state index contributed by atoms with van der Waals surface area (Å²) in [5, 5.41) is 0.0965. The van der Waals surface area contributed by atoms with Gasteiger partial charge in [-0.1, -0.05) is 20.8 Å². The van der Waals surface area contributed by atoms with E-state index in [1.165, 1.54) is 12.5 Å². The fraction of sp³-hybridized carbons (Fsp3) is 0.667. The standard InChI is InChI=1S/C12H23O6PSi/c1-12(2,3)20(4,5)18-9-11-7-16-6-10(11)8-17-19(13,14)15/h6-7H,8-9H2,1-5H3,(H2,13,14,15). The summed E-state index contributed by atoms with van der Waals surface area (Å²) in [5.41, 5.74) is 1.34. The lowest BCUT2D eigenvalue weighted by molar-refractivity contribution is 0.187. The van der Waals surface area contributed by atoms with E-state index in [2.05, 4.69) is 38.4 Å². The van der Waals surface area contributed by atoms with E-state index in [1.54, 1.807) is 0 Å². The van der Waals surface area contributed by atoms with Crippen LogP contribution in [0, 0.1) is 0 Å². The Kier molecular flexibility index (Phi) is 5.40. The maximum atomic E-state index is 10.7. The molecule has 0 saturated heterocycles. The molecule has 0 fully saturated rings. The highest BCUT2D eigenvalue weighted by molar-refractivity contribution is 7.46. The van der Waals surface area contributed by atoms with Gasteiger partial charge in [0, 0.05) is 11.1 Å². The van der Waals surface area contributed by atoms with Gasteiger partial charge in [-0.25, -0.2) is 4.57 Å². The van der Waals surface area contributed by atoms with E-state index in [-0.39, 0.29) is 11.6 Å². The zero-order valence-corrected chi connectivity index (χ0v) is 14.4. The lowest BCUT2D eigenvalue weighted by Gasteiger charge is -2.36. The van der Waals surface area contributed by atoms with Crippen molar-refractivity contribution in [2.45, 2.75) is 52.1 Å². The Labute approximate surface area is 120 Å². The maximum absolute atomic E-state index is 10.7. The van der Waals surface area contributed by atoms with Gasteiger partial charge in [0.1, 0.15) is 0 Å². The molecule has 0 aromatic carbocycles. The quantitative estimate of drug-likeness (QED) is 0.616. The molecule has 0 aliphatic heterocycles. The molecule has 0 radical (unpaired) electrons. The first-order chi connectivity index (χ1) is 8.92. The van der Waals surface area contributed by atoms with Gasteiger partial charge < -0.3 is 18.6 Å². The zero-order valence-electron chi connectivity index (χ0n) is 12.5. The molecule has 0 saturated carbocycles. The van der Waals surface area contributed by atoms with Gasteiger partial charge in [-0.15, -0.1) is 0 Å². The van der Waals surface area contributed by atoms with Crippen LogP contribution in [0.25, 0.3) is 0 Å². The molecule has 0 aliphatic rings. The molecular weight excluding hydrogens is 299 g/mol. The summed E-state index contributed by atoms with van der Waals surface area (Å²) in [6.07, 6.45) is 2.94.